The molecule has 1 heterocycles. The van der Waals surface area contributed by atoms with Gasteiger partial charge < -0.3 is 4.57 Å². The van der Waals surface area contributed by atoms with Crippen molar-refractivity contribution < 1.29 is 9.59 Å². The van der Waals surface area contributed by atoms with Crippen molar-refractivity contribution in [2.45, 2.75) is 38.8 Å². The number of nitrogens with zero attached hydrogens (tertiary/aromatic N) is 2. The van der Waals surface area contributed by atoms with Gasteiger partial charge in [0.2, 0.25) is 0 Å². The second-order valence-electron chi connectivity index (χ2n) is 7.68. The van der Waals surface area contributed by atoms with Crippen molar-refractivity contribution in [2.75, 3.05) is 0 Å². The summed E-state index contributed by atoms with van der Waals surface area (Å²) in [6, 6.07) is 17.5. The van der Waals surface area contributed by atoms with Gasteiger partial charge in [-0.2, -0.15) is 0 Å². The highest BCUT2D eigenvalue weighted by atomic mass is 16.2. The fourth-order valence-corrected chi connectivity index (χ4v) is 3.46. The lowest BCUT2D eigenvalue weighted by Gasteiger charge is -2.25. The van der Waals surface area contributed by atoms with Crippen LogP contribution in [0.15, 0.2) is 66.9 Å². The summed E-state index contributed by atoms with van der Waals surface area (Å²) in [5.41, 5.74) is 5.45. The van der Waals surface area contributed by atoms with Crippen LogP contribution in [0.25, 0.3) is 17.0 Å². The summed E-state index contributed by atoms with van der Waals surface area (Å²) in [6.07, 6.45) is 7.90. The van der Waals surface area contributed by atoms with Gasteiger partial charge >= 0.3 is 0 Å². The van der Waals surface area contributed by atoms with E-state index in [0.29, 0.717) is 11.6 Å². The first kappa shape index (κ1) is 19.0. The van der Waals surface area contributed by atoms with Crippen molar-refractivity contribution in [3.63, 3.8) is 0 Å². The van der Waals surface area contributed by atoms with E-state index < -0.39 is 0 Å². The van der Waals surface area contributed by atoms with Gasteiger partial charge in [-0.15, -0.1) is 0 Å². The number of nitrogens with one attached hydrogen (secondary N) is 1. The molecule has 4 rings (SSSR count). The molecule has 0 aliphatic heterocycles. The molecule has 2 aromatic carbocycles. The molecule has 0 spiro atoms. The molecule has 29 heavy (non-hydrogen) atoms. The molecule has 0 bridgehead atoms. The normalized spacial score (nSPS) is 13.9. The molecule has 2 amide bonds. The first-order valence-corrected chi connectivity index (χ1v) is 10.0. The topological polar surface area (TPSA) is 54.3 Å². The zero-order valence-electron chi connectivity index (χ0n) is 16.7. The van der Waals surface area contributed by atoms with E-state index in [9.17, 15) is 9.59 Å². The Morgan fingerprint density at radius 1 is 1.07 bits per heavy atom. The first-order chi connectivity index (χ1) is 14.0. The van der Waals surface area contributed by atoms with E-state index in [4.69, 9.17) is 0 Å². The van der Waals surface area contributed by atoms with Gasteiger partial charge in [-0.3, -0.25) is 15.0 Å². The average molecular weight is 387 g/mol. The summed E-state index contributed by atoms with van der Waals surface area (Å²) in [4.78, 5) is 25.3. The van der Waals surface area contributed by atoms with Gasteiger partial charge in [0, 0.05) is 46.4 Å². The second-order valence-corrected chi connectivity index (χ2v) is 7.68. The fourth-order valence-electron chi connectivity index (χ4n) is 3.46. The van der Waals surface area contributed by atoms with E-state index in [1.807, 2.05) is 38.1 Å². The Bertz CT molecular complexity index is 1060. The Kier molecular flexibility index (Phi) is 5.21. The highest BCUT2D eigenvalue weighted by Gasteiger charge is 2.25. The zero-order valence-corrected chi connectivity index (χ0v) is 16.7. The van der Waals surface area contributed by atoms with E-state index in [1.54, 1.807) is 24.3 Å². The Hall–Kier alpha value is -3.34. The minimum atomic E-state index is -0.300. The number of aromatic nitrogens is 1. The number of hydrazine groups is 1. The van der Waals surface area contributed by atoms with Crippen LogP contribution in [0.2, 0.25) is 0 Å². The summed E-state index contributed by atoms with van der Waals surface area (Å²) < 4.78 is 2.30. The first-order valence-electron chi connectivity index (χ1n) is 10.0. The monoisotopic (exact) mass is 387 g/mol. The predicted molar refractivity (Wildman–Crippen MR) is 115 cm³/mol. The number of carbonyl (C=O) groups is 2. The van der Waals surface area contributed by atoms with Crippen LogP contribution < -0.4 is 5.43 Å². The third-order valence-corrected chi connectivity index (χ3v) is 5.13. The molecule has 0 radical (unpaired) electrons. The van der Waals surface area contributed by atoms with Gasteiger partial charge in [-0.25, -0.2) is 5.01 Å². The number of amides is 2. The fraction of sp³-hybridized carbons (Fsp3) is 0.250. The Balaban J connectivity index is 1.54. The lowest BCUT2D eigenvalue weighted by molar-refractivity contribution is -0.130. The second kappa shape index (κ2) is 7.95. The average Bonchev–Trinajstić information content (AvgIpc) is 3.52. The molecule has 0 saturated heterocycles. The van der Waals surface area contributed by atoms with Gasteiger partial charge in [-0.05, 0) is 51.0 Å². The maximum absolute atomic E-state index is 12.8. The van der Waals surface area contributed by atoms with E-state index in [-0.39, 0.29) is 17.9 Å². The zero-order chi connectivity index (χ0) is 20.4. The maximum atomic E-state index is 12.8. The maximum Gasteiger partial charge on any atom is 0.269 e. The van der Waals surface area contributed by atoms with Crippen LogP contribution in [-0.2, 0) is 4.79 Å². The van der Waals surface area contributed by atoms with Gasteiger partial charge in [0.15, 0.2) is 0 Å². The number of para-hydroxylation sites is 1. The molecular formula is C24H25N3O2. The van der Waals surface area contributed by atoms with E-state index in [1.165, 1.54) is 29.4 Å². The minimum absolute atomic E-state index is 0.174. The van der Waals surface area contributed by atoms with Crippen molar-refractivity contribution in [1.82, 2.24) is 15.0 Å². The molecule has 3 aromatic rings. The number of hydrogen-bond donors (Lipinski definition) is 1. The lowest BCUT2D eigenvalue weighted by Crippen LogP contribution is -2.49. The van der Waals surface area contributed by atoms with Crippen LogP contribution in [-0.4, -0.2) is 27.4 Å². The van der Waals surface area contributed by atoms with Crippen LogP contribution in [0.4, 0.5) is 0 Å². The SMILES string of the molecule is CC(C)N(NC(=O)c1ccccc1)C(=O)C=Cc1cn(C2CC2)c2ccccc12. The van der Waals surface area contributed by atoms with Gasteiger partial charge in [0.1, 0.15) is 0 Å². The largest absolute Gasteiger partial charge is 0.344 e. The van der Waals surface area contributed by atoms with Gasteiger partial charge in [0.25, 0.3) is 11.8 Å². The molecule has 1 saturated carbocycles. The number of fused-ring (bicyclic) bond motifs is 1. The van der Waals surface area contributed by atoms with Crippen molar-refractivity contribution in [1.29, 1.82) is 0 Å². The van der Waals surface area contributed by atoms with Crippen LogP contribution in [0.1, 0.15) is 48.7 Å². The summed E-state index contributed by atoms with van der Waals surface area (Å²) >= 11 is 0. The molecule has 1 aliphatic carbocycles. The molecule has 1 fully saturated rings. The molecule has 1 aliphatic rings. The summed E-state index contributed by atoms with van der Waals surface area (Å²) in [6.45, 7) is 3.74. The summed E-state index contributed by atoms with van der Waals surface area (Å²) in [7, 11) is 0. The quantitative estimate of drug-likeness (QED) is 0.515. The van der Waals surface area contributed by atoms with Crippen molar-refractivity contribution in [3.8, 4) is 0 Å². The van der Waals surface area contributed by atoms with Gasteiger partial charge in [-0.1, -0.05) is 36.4 Å². The predicted octanol–water partition coefficient (Wildman–Crippen LogP) is 4.57. The Morgan fingerprint density at radius 2 is 1.76 bits per heavy atom. The number of hydrogen-bond acceptors (Lipinski definition) is 2. The smallest absolute Gasteiger partial charge is 0.269 e. The molecule has 5 nitrogen and oxygen atoms in total. The van der Waals surface area contributed by atoms with Crippen molar-refractivity contribution >= 4 is 28.8 Å². The highest BCUT2D eigenvalue weighted by Crippen LogP contribution is 2.39. The van der Waals surface area contributed by atoms with E-state index >= 15 is 0 Å². The molecule has 1 aromatic heterocycles. The van der Waals surface area contributed by atoms with Crippen molar-refractivity contribution in [3.05, 3.63) is 78.0 Å². The molecule has 148 valence electrons. The van der Waals surface area contributed by atoms with Crippen LogP contribution >= 0.6 is 0 Å². The molecule has 1 N–H and O–H groups in total. The molecule has 0 atom stereocenters. The summed E-state index contributed by atoms with van der Waals surface area (Å²) in [5.74, 6) is -0.557. The number of carbonyl (C=O) groups excluding carboxylic acids is 2. The Morgan fingerprint density at radius 3 is 2.45 bits per heavy atom. The standard InChI is InChI=1S/C24H25N3O2/c1-17(2)27(25-24(29)18-8-4-3-5-9-18)23(28)15-12-19-16-26(20-13-14-20)22-11-7-6-10-21(19)22/h3-12,15-17,20H,13-14H2,1-2H3,(H,25,29). The van der Waals surface area contributed by atoms with Crippen LogP contribution in [0, 0.1) is 0 Å². The molecular weight excluding hydrogens is 362 g/mol. The Labute approximate surface area is 170 Å². The molecule has 5 heteroatoms. The van der Waals surface area contributed by atoms with Crippen molar-refractivity contribution in [2.24, 2.45) is 0 Å². The van der Waals surface area contributed by atoms with Crippen LogP contribution in [0.3, 0.4) is 0 Å². The number of rotatable bonds is 5. The molecule has 0 unspecified atom stereocenters. The van der Waals surface area contributed by atoms with Gasteiger partial charge in [0.05, 0.1) is 0 Å². The van der Waals surface area contributed by atoms with Crippen LogP contribution in [0.5, 0.6) is 0 Å². The third kappa shape index (κ3) is 4.09. The third-order valence-electron chi connectivity index (χ3n) is 5.13. The lowest BCUT2D eigenvalue weighted by atomic mass is 10.1. The summed E-state index contributed by atoms with van der Waals surface area (Å²) in [5, 5.41) is 2.50. The minimum Gasteiger partial charge on any atom is -0.344 e. The van der Waals surface area contributed by atoms with E-state index in [2.05, 4.69) is 28.3 Å². The van der Waals surface area contributed by atoms with E-state index in [0.717, 1.165) is 10.9 Å². The highest BCUT2D eigenvalue weighted by molar-refractivity contribution is 5.99. The number of benzene rings is 2.